The molecule has 5 aromatic rings. The van der Waals surface area contributed by atoms with Crippen LogP contribution < -0.4 is 9.47 Å². The fraction of sp³-hybridized carbons (Fsp3) is 0.286. The van der Waals surface area contributed by atoms with E-state index in [0.717, 1.165) is 70.7 Å². The zero-order valence-electron chi connectivity index (χ0n) is 24.7. The Bertz CT molecular complexity index is 1840. The first-order valence-corrected chi connectivity index (χ1v) is 15.0. The van der Waals surface area contributed by atoms with E-state index in [1.54, 1.807) is 24.4 Å². The third-order valence-corrected chi connectivity index (χ3v) is 8.51. The second-order valence-corrected chi connectivity index (χ2v) is 11.6. The lowest BCUT2D eigenvalue weighted by molar-refractivity contribution is 0.239. The molecule has 44 heavy (non-hydrogen) atoms. The van der Waals surface area contributed by atoms with Gasteiger partial charge >= 0.3 is 0 Å². The number of nitriles is 1. The highest BCUT2D eigenvalue weighted by molar-refractivity contribution is 6.32. The number of aromatic nitrogens is 2. The van der Waals surface area contributed by atoms with Crippen LogP contribution in [0.2, 0.25) is 5.02 Å². The van der Waals surface area contributed by atoms with E-state index in [1.165, 1.54) is 6.20 Å². The van der Waals surface area contributed by atoms with E-state index in [1.807, 2.05) is 18.2 Å². The summed E-state index contributed by atoms with van der Waals surface area (Å²) in [5, 5.41) is 19.4. The zero-order valence-corrected chi connectivity index (χ0v) is 25.5. The highest BCUT2D eigenvalue weighted by atomic mass is 35.5. The fourth-order valence-corrected chi connectivity index (χ4v) is 5.83. The van der Waals surface area contributed by atoms with Crippen molar-refractivity contribution in [1.29, 1.82) is 5.26 Å². The number of hydrogen-bond acceptors (Lipinski definition) is 8. The molecule has 224 valence electrons. The molecule has 0 aliphatic carbocycles. The summed E-state index contributed by atoms with van der Waals surface area (Å²) >= 11 is 6.53. The highest BCUT2D eigenvalue weighted by Gasteiger charge is 2.23. The number of piperidine rings is 1. The molecule has 0 saturated carbocycles. The molecule has 0 bridgehead atoms. The Hall–Kier alpha value is -4.42. The molecule has 0 spiro atoms. The van der Waals surface area contributed by atoms with Crippen molar-refractivity contribution in [3.8, 4) is 28.7 Å². The van der Waals surface area contributed by atoms with Crippen molar-refractivity contribution in [2.75, 3.05) is 20.1 Å². The minimum absolute atomic E-state index is 0.174. The molecule has 1 saturated heterocycles. The van der Waals surface area contributed by atoms with Gasteiger partial charge in [-0.2, -0.15) is 5.26 Å². The summed E-state index contributed by atoms with van der Waals surface area (Å²) in [5.74, 6) is 2.09. The number of pyridine rings is 1. The number of oxazole rings is 1. The van der Waals surface area contributed by atoms with Crippen LogP contribution in [-0.4, -0.2) is 40.1 Å². The van der Waals surface area contributed by atoms with Crippen LogP contribution in [0.4, 0.5) is 0 Å². The molecule has 8 nitrogen and oxygen atoms in total. The molecule has 0 amide bonds. The summed E-state index contributed by atoms with van der Waals surface area (Å²) in [4.78, 5) is 11.3. The topological polar surface area (TPSA) is 105 Å². The van der Waals surface area contributed by atoms with Gasteiger partial charge in [-0.3, -0.25) is 4.98 Å². The van der Waals surface area contributed by atoms with Gasteiger partial charge in [-0.05, 0) is 86.4 Å². The van der Waals surface area contributed by atoms with Gasteiger partial charge in [-0.25, -0.2) is 4.98 Å². The third-order valence-electron chi connectivity index (χ3n) is 8.22. The Morgan fingerprint density at radius 1 is 1.02 bits per heavy atom. The minimum atomic E-state index is -0.248. The molecule has 1 aliphatic heterocycles. The van der Waals surface area contributed by atoms with Gasteiger partial charge in [0.05, 0.1) is 17.2 Å². The van der Waals surface area contributed by atoms with Crippen molar-refractivity contribution < 1.29 is 19.0 Å². The zero-order chi connectivity index (χ0) is 30.6. The van der Waals surface area contributed by atoms with Gasteiger partial charge in [0.1, 0.15) is 36.3 Å². The molecule has 6 rings (SSSR count). The van der Waals surface area contributed by atoms with Crippen molar-refractivity contribution in [3.05, 3.63) is 106 Å². The van der Waals surface area contributed by atoms with E-state index in [-0.39, 0.29) is 19.8 Å². The molecule has 0 unspecified atom stereocenters. The van der Waals surface area contributed by atoms with E-state index >= 15 is 0 Å². The maximum atomic E-state index is 9.89. The number of rotatable bonds is 9. The molecule has 1 fully saturated rings. The van der Waals surface area contributed by atoms with Crippen LogP contribution in [0.5, 0.6) is 11.5 Å². The van der Waals surface area contributed by atoms with Crippen LogP contribution in [-0.2, 0) is 19.8 Å². The van der Waals surface area contributed by atoms with E-state index in [2.05, 4.69) is 48.1 Å². The minimum Gasteiger partial charge on any atom is -0.488 e. The predicted octanol–water partition coefficient (Wildman–Crippen LogP) is 7.18. The van der Waals surface area contributed by atoms with E-state index < -0.39 is 0 Å². The van der Waals surface area contributed by atoms with Crippen molar-refractivity contribution in [3.63, 3.8) is 0 Å². The van der Waals surface area contributed by atoms with Crippen LogP contribution >= 0.6 is 11.6 Å². The summed E-state index contributed by atoms with van der Waals surface area (Å²) in [6.07, 6.45) is 5.25. The van der Waals surface area contributed by atoms with Crippen molar-refractivity contribution in [1.82, 2.24) is 14.9 Å². The largest absolute Gasteiger partial charge is 0.488 e. The maximum absolute atomic E-state index is 9.89. The van der Waals surface area contributed by atoms with Gasteiger partial charge < -0.3 is 23.9 Å². The molecular weight excluding hydrogens is 576 g/mol. The van der Waals surface area contributed by atoms with Gasteiger partial charge in [0.15, 0.2) is 11.5 Å². The number of aliphatic hydroxyl groups is 1. The van der Waals surface area contributed by atoms with Crippen molar-refractivity contribution in [2.45, 2.75) is 45.5 Å². The molecule has 1 aliphatic rings. The van der Waals surface area contributed by atoms with Crippen LogP contribution in [0, 0.1) is 18.3 Å². The summed E-state index contributed by atoms with van der Waals surface area (Å²) in [6.45, 7) is 4.42. The summed E-state index contributed by atoms with van der Waals surface area (Å²) in [6, 6.07) is 19.5. The first-order valence-electron chi connectivity index (χ1n) is 14.6. The molecule has 1 N–H and O–H groups in total. The van der Waals surface area contributed by atoms with Gasteiger partial charge in [-0.15, -0.1) is 0 Å². The lowest BCUT2D eigenvalue weighted by Gasteiger charge is -2.26. The molecule has 9 heteroatoms. The highest BCUT2D eigenvalue weighted by Crippen LogP contribution is 2.36. The summed E-state index contributed by atoms with van der Waals surface area (Å²) in [7, 11) is 2.15. The average Bonchev–Trinajstić information content (AvgIpc) is 3.48. The first kappa shape index (κ1) is 29.6. The predicted molar refractivity (Wildman–Crippen MR) is 169 cm³/mol. The number of likely N-dealkylation sites (tertiary alicyclic amines) is 1. The van der Waals surface area contributed by atoms with Crippen LogP contribution in [0.15, 0.2) is 71.4 Å². The Kier molecular flexibility index (Phi) is 8.80. The Labute approximate surface area is 261 Å². The van der Waals surface area contributed by atoms with Gasteiger partial charge in [0.2, 0.25) is 0 Å². The SMILES string of the molecule is Cc1c(COc2cc(OCc3cncc(C#N)c3)c(CO)cc2Cl)cccc1-c1ccc2oc(C3CCN(C)CC3)nc2c1. The van der Waals surface area contributed by atoms with Gasteiger partial charge in [0, 0.05) is 35.5 Å². The van der Waals surface area contributed by atoms with E-state index in [9.17, 15) is 5.11 Å². The Morgan fingerprint density at radius 3 is 2.64 bits per heavy atom. The molecule has 0 atom stereocenters. The number of benzene rings is 3. The van der Waals surface area contributed by atoms with Crippen molar-refractivity contribution >= 4 is 22.7 Å². The number of fused-ring (bicyclic) bond motifs is 1. The first-order chi connectivity index (χ1) is 21.4. The van der Waals surface area contributed by atoms with Gasteiger partial charge in [0.25, 0.3) is 0 Å². The fourth-order valence-electron chi connectivity index (χ4n) is 5.58. The van der Waals surface area contributed by atoms with Crippen LogP contribution in [0.25, 0.3) is 22.2 Å². The van der Waals surface area contributed by atoms with E-state index in [4.69, 9.17) is 35.7 Å². The Morgan fingerprint density at radius 2 is 1.84 bits per heavy atom. The van der Waals surface area contributed by atoms with E-state index in [0.29, 0.717) is 33.6 Å². The second kappa shape index (κ2) is 13.1. The number of ether oxygens (including phenoxy) is 2. The monoisotopic (exact) mass is 608 g/mol. The second-order valence-electron chi connectivity index (χ2n) is 11.2. The number of halogens is 1. The number of aliphatic hydroxyl groups excluding tert-OH is 1. The molecule has 3 aromatic carbocycles. The van der Waals surface area contributed by atoms with Crippen molar-refractivity contribution in [2.24, 2.45) is 0 Å². The Balaban J connectivity index is 1.19. The normalized spacial score (nSPS) is 14.1. The standard InChI is InChI=1S/C35H33ClN4O4/c1-22-27(21-43-34-15-33(28(19-41)13-30(34)36)42-20-24-12-23(16-37)17-38-18-24)4-3-5-29(22)26-6-7-32-31(14-26)39-35(44-32)25-8-10-40(2)11-9-25/h3-7,12-15,17-18,25,41H,8-11,19-21H2,1-2H3. The molecule has 2 aromatic heterocycles. The molecular formula is C35H33ClN4O4. The van der Waals surface area contributed by atoms with Crippen LogP contribution in [0.3, 0.4) is 0 Å². The quantitative estimate of drug-likeness (QED) is 0.188. The molecule has 3 heterocycles. The number of hydrogen-bond donors (Lipinski definition) is 1. The van der Waals surface area contributed by atoms with Gasteiger partial charge in [-0.1, -0.05) is 35.9 Å². The van der Waals surface area contributed by atoms with Crippen LogP contribution in [0.1, 0.15) is 52.5 Å². The third kappa shape index (κ3) is 6.41. The maximum Gasteiger partial charge on any atom is 0.198 e. The molecule has 0 radical (unpaired) electrons. The summed E-state index contributed by atoms with van der Waals surface area (Å²) < 4.78 is 18.3. The lowest BCUT2D eigenvalue weighted by Crippen LogP contribution is -2.29. The number of nitrogens with zero attached hydrogens (tertiary/aromatic N) is 4. The lowest BCUT2D eigenvalue weighted by atomic mass is 9.96. The average molecular weight is 609 g/mol. The summed E-state index contributed by atoms with van der Waals surface area (Å²) in [5.41, 5.74) is 7.67. The smallest absolute Gasteiger partial charge is 0.198 e.